The number of carboxylic acids is 1. The molecule has 0 aromatic heterocycles. The van der Waals surface area contributed by atoms with Gasteiger partial charge in [-0.05, 0) is 25.5 Å². The highest BCUT2D eigenvalue weighted by atomic mass is 16.5. The first kappa shape index (κ1) is 17.0. The van der Waals surface area contributed by atoms with E-state index in [4.69, 9.17) is 14.6 Å². The van der Waals surface area contributed by atoms with Gasteiger partial charge in [-0.3, -0.25) is 9.59 Å². The van der Waals surface area contributed by atoms with Crippen molar-refractivity contribution in [2.45, 2.75) is 19.8 Å². The summed E-state index contributed by atoms with van der Waals surface area (Å²) in [4.78, 5) is 22.4. The maximum absolute atomic E-state index is 12.0. The molecule has 0 radical (unpaired) electrons. The average molecular weight is 295 g/mol. The first-order valence-electron chi connectivity index (χ1n) is 6.94. The molecule has 6 heteroatoms. The van der Waals surface area contributed by atoms with E-state index in [-0.39, 0.29) is 12.3 Å². The van der Waals surface area contributed by atoms with Crippen LogP contribution in [-0.2, 0) is 9.53 Å². The van der Waals surface area contributed by atoms with Gasteiger partial charge in [-0.25, -0.2) is 0 Å². The van der Waals surface area contributed by atoms with Gasteiger partial charge in [0.15, 0.2) is 0 Å². The Balaban J connectivity index is 2.48. The highest BCUT2D eigenvalue weighted by molar-refractivity contribution is 5.96. The molecule has 1 aromatic rings. The van der Waals surface area contributed by atoms with Crippen molar-refractivity contribution in [2.24, 2.45) is 0 Å². The van der Waals surface area contributed by atoms with Crippen LogP contribution in [0.5, 0.6) is 5.75 Å². The van der Waals surface area contributed by atoms with Crippen molar-refractivity contribution in [1.29, 1.82) is 0 Å². The van der Waals surface area contributed by atoms with Crippen molar-refractivity contribution in [3.63, 3.8) is 0 Å². The Morgan fingerprint density at radius 3 is 2.71 bits per heavy atom. The number of carbonyl (C=O) groups is 2. The number of ether oxygens (including phenoxy) is 2. The molecule has 0 bridgehead atoms. The fourth-order valence-electron chi connectivity index (χ4n) is 1.67. The molecule has 0 saturated carbocycles. The Labute approximate surface area is 124 Å². The van der Waals surface area contributed by atoms with E-state index in [1.807, 2.05) is 6.92 Å². The monoisotopic (exact) mass is 295 g/mol. The largest absolute Gasteiger partial charge is 0.490 e. The smallest absolute Gasteiger partial charge is 0.303 e. The fourth-order valence-corrected chi connectivity index (χ4v) is 1.67. The minimum atomic E-state index is -0.871. The van der Waals surface area contributed by atoms with Crippen molar-refractivity contribution in [3.05, 3.63) is 29.8 Å². The van der Waals surface area contributed by atoms with Gasteiger partial charge in [0.1, 0.15) is 12.4 Å². The van der Waals surface area contributed by atoms with Crippen LogP contribution in [0.25, 0.3) is 0 Å². The van der Waals surface area contributed by atoms with Crippen molar-refractivity contribution in [1.82, 2.24) is 5.32 Å². The molecule has 0 aliphatic carbocycles. The lowest BCUT2D eigenvalue weighted by molar-refractivity contribution is -0.137. The number of carbonyl (C=O) groups excluding carboxylic acids is 1. The quantitative estimate of drug-likeness (QED) is 0.642. The zero-order chi connectivity index (χ0) is 15.5. The number of aliphatic carboxylic acids is 1. The fraction of sp³-hybridized carbons (Fsp3) is 0.467. The minimum Gasteiger partial charge on any atom is -0.490 e. The predicted molar refractivity (Wildman–Crippen MR) is 77.6 cm³/mol. The molecule has 1 amide bonds. The number of nitrogens with one attached hydrogen (secondary N) is 1. The summed E-state index contributed by atoms with van der Waals surface area (Å²) in [5.74, 6) is -0.649. The van der Waals surface area contributed by atoms with Gasteiger partial charge in [-0.2, -0.15) is 0 Å². The SMILES string of the molecule is CCOCCOc1ccccc1C(=O)NCCCC(=O)O. The third-order valence-electron chi connectivity index (χ3n) is 2.67. The van der Waals surface area contributed by atoms with Crippen LogP contribution >= 0.6 is 0 Å². The van der Waals surface area contributed by atoms with E-state index in [0.29, 0.717) is 44.1 Å². The lowest BCUT2D eigenvalue weighted by atomic mass is 10.2. The van der Waals surface area contributed by atoms with Gasteiger partial charge in [0.2, 0.25) is 0 Å². The number of carboxylic acid groups (broad SMARTS) is 1. The van der Waals surface area contributed by atoms with Gasteiger partial charge in [0, 0.05) is 19.6 Å². The first-order valence-corrected chi connectivity index (χ1v) is 6.94. The Morgan fingerprint density at radius 2 is 2.00 bits per heavy atom. The Bertz CT molecular complexity index is 461. The zero-order valence-corrected chi connectivity index (χ0v) is 12.1. The molecule has 1 rings (SSSR count). The topological polar surface area (TPSA) is 84.9 Å². The van der Waals surface area contributed by atoms with E-state index in [0.717, 1.165) is 0 Å². The molecule has 21 heavy (non-hydrogen) atoms. The van der Waals surface area contributed by atoms with Crippen molar-refractivity contribution in [2.75, 3.05) is 26.4 Å². The normalized spacial score (nSPS) is 10.1. The number of benzene rings is 1. The van der Waals surface area contributed by atoms with Crippen molar-refractivity contribution in [3.8, 4) is 5.75 Å². The number of rotatable bonds is 10. The highest BCUT2D eigenvalue weighted by Crippen LogP contribution is 2.17. The van der Waals surface area contributed by atoms with E-state index in [2.05, 4.69) is 5.32 Å². The molecule has 0 unspecified atom stereocenters. The molecule has 0 saturated heterocycles. The van der Waals surface area contributed by atoms with Gasteiger partial charge in [0.25, 0.3) is 5.91 Å². The Morgan fingerprint density at radius 1 is 1.24 bits per heavy atom. The number of amides is 1. The predicted octanol–water partition coefficient (Wildman–Crippen LogP) is 1.70. The third kappa shape index (κ3) is 6.76. The molecule has 0 fully saturated rings. The lowest BCUT2D eigenvalue weighted by Crippen LogP contribution is -2.25. The van der Waals surface area contributed by atoms with Gasteiger partial charge in [-0.15, -0.1) is 0 Å². The number of hydrogen-bond acceptors (Lipinski definition) is 4. The second-order valence-electron chi connectivity index (χ2n) is 4.29. The van der Waals surface area contributed by atoms with Crippen LogP contribution in [0.1, 0.15) is 30.1 Å². The minimum absolute atomic E-state index is 0.0345. The van der Waals surface area contributed by atoms with Crippen LogP contribution < -0.4 is 10.1 Å². The van der Waals surface area contributed by atoms with E-state index >= 15 is 0 Å². The summed E-state index contributed by atoms with van der Waals surface area (Å²) in [6, 6.07) is 6.93. The summed E-state index contributed by atoms with van der Waals surface area (Å²) in [6.07, 6.45) is 0.432. The number of hydrogen-bond donors (Lipinski definition) is 2. The highest BCUT2D eigenvalue weighted by Gasteiger charge is 2.11. The van der Waals surface area contributed by atoms with Crippen molar-refractivity contribution >= 4 is 11.9 Å². The van der Waals surface area contributed by atoms with Crippen LogP contribution in [-0.4, -0.2) is 43.3 Å². The molecule has 1 aromatic carbocycles. The van der Waals surface area contributed by atoms with Crippen LogP contribution in [0.4, 0.5) is 0 Å². The maximum Gasteiger partial charge on any atom is 0.303 e. The van der Waals surface area contributed by atoms with E-state index < -0.39 is 5.97 Å². The third-order valence-corrected chi connectivity index (χ3v) is 2.67. The van der Waals surface area contributed by atoms with Crippen LogP contribution in [0.2, 0.25) is 0 Å². The van der Waals surface area contributed by atoms with E-state index in [9.17, 15) is 9.59 Å². The standard InChI is InChI=1S/C15H21NO5/c1-2-20-10-11-21-13-7-4-3-6-12(13)15(19)16-9-5-8-14(17)18/h3-4,6-7H,2,5,8-11H2,1H3,(H,16,19)(H,17,18). The van der Waals surface area contributed by atoms with Crippen LogP contribution in [0.3, 0.4) is 0 Å². The molecule has 0 aliphatic heterocycles. The second-order valence-corrected chi connectivity index (χ2v) is 4.29. The molecular weight excluding hydrogens is 274 g/mol. The molecule has 0 heterocycles. The molecule has 0 aliphatic rings. The molecule has 0 spiro atoms. The van der Waals surface area contributed by atoms with Gasteiger partial charge < -0.3 is 19.9 Å². The zero-order valence-electron chi connectivity index (χ0n) is 12.1. The summed E-state index contributed by atoms with van der Waals surface area (Å²) in [5.41, 5.74) is 0.435. The summed E-state index contributed by atoms with van der Waals surface area (Å²) in [5, 5.41) is 11.2. The summed E-state index contributed by atoms with van der Waals surface area (Å²) in [6.45, 7) is 3.67. The van der Waals surface area contributed by atoms with Gasteiger partial charge >= 0.3 is 5.97 Å². The molecule has 6 nitrogen and oxygen atoms in total. The lowest BCUT2D eigenvalue weighted by Gasteiger charge is -2.11. The average Bonchev–Trinajstić information content (AvgIpc) is 2.48. The number of para-hydroxylation sites is 1. The molecular formula is C15H21NO5. The summed E-state index contributed by atoms with van der Waals surface area (Å²) >= 11 is 0. The maximum atomic E-state index is 12.0. The summed E-state index contributed by atoms with van der Waals surface area (Å²) in [7, 11) is 0. The first-order chi connectivity index (χ1) is 10.1. The molecule has 116 valence electrons. The van der Waals surface area contributed by atoms with Gasteiger partial charge in [-0.1, -0.05) is 12.1 Å². The molecule has 0 atom stereocenters. The van der Waals surface area contributed by atoms with E-state index in [1.54, 1.807) is 24.3 Å². The molecule has 2 N–H and O–H groups in total. The van der Waals surface area contributed by atoms with Crippen molar-refractivity contribution < 1.29 is 24.2 Å². The second kappa shape index (κ2) is 9.77. The van der Waals surface area contributed by atoms with Crippen LogP contribution in [0, 0.1) is 0 Å². The van der Waals surface area contributed by atoms with Crippen LogP contribution in [0.15, 0.2) is 24.3 Å². The summed E-state index contributed by atoms with van der Waals surface area (Å²) < 4.78 is 10.7. The Hall–Kier alpha value is -2.08. The van der Waals surface area contributed by atoms with Gasteiger partial charge in [0.05, 0.1) is 12.2 Å². The Kier molecular flexibility index (Phi) is 7.89. The van der Waals surface area contributed by atoms with E-state index in [1.165, 1.54) is 0 Å².